The van der Waals surface area contributed by atoms with Gasteiger partial charge in [-0.3, -0.25) is 14.4 Å². The Kier molecular flexibility index (Phi) is 3.71. The Morgan fingerprint density at radius 2 is 2.09 bits per heavy atom. The van der Waals surface area contributed by atoms with E-state index in [1.165, 1.54) is 6.07 Å². The molecule has 8 heteroatoms. The molecule has 2 aliphatic heterocycles. The van der Waals surface area contributed by atoms with Crippen molar-refractivity contribution in [2.45, 2.75) is 13.5 Å². The number of amides is 1. The van der Waals surface area contributed by atoms with Crippen LogP contribution in [0.4, 0.5) is 0 Å². The molecule has 0 aromatic carbocycles. The summed E-state index contributed by atoms with van der Waals surface area (Å²) < 4.78 is 1.13. The number of rotatable bonds is 3. The average Bonchev–Trinajstić information content (AvgIpc) is 2.96. The second kappa shape index (κ2) is 5.45. The van der Waals surface area contributed by atoms with Gasteiger partial charge in [0, 0.05) is 38.2 Å². The summed E-state index contributed by atoms with van der Waals surface area (Å²) in [5.41, 5.74) is -0.578. The van der Waals surface area contributed by atoms with Gasteiger partial charge in [-0.2, -0.15) is 5.10 Å². The molecule has 2 atom stereocenters. The summed E-state index contributed by atoms with van der Waals surface area (Å²) in [5, 5.41) is 13.7. The summed E-state index contributed by atoms with van der Waals surface area (Å²) >= 11 is 0. The van der Waals surface area contributed by atoms with Crippen LogP contribution in [0.25, 0.3) is 0 Å². The Morgan fingerprint density at radius 3 is 2.74 bits per heavy atom. The first-order valence-electron chi connectivity index (χ1n) is 7.56. The Morgan fingerprint density at radius 1 is 1.35 bits per heavy atom. The van der Waals surface area contributed by atoms with Crippen molar-refractivity contribution in [2.24, 2.45) is 11.3 Å². The van der Waals surface area contributed by atoms with Crippen molar-refractivity contribution in [2.75, 3.05) is 33.2 Å². The molecule has 0 bridgehead atoms. The number of fused-ring (bicyclic) bond motifs is 1. The fraction of sp³-hybridized carbons (Fsp3) is 0.600. The molecule has 23 heavy (non-hydrogen) atoms. The highest BCUT2D eigenvalue weighted by molar-refractivity contribution is 5.81. The van der Waals surface area contributed by atoms with Crippen molar-refractivity contribution in [1.82, 2.24) is 19.6 Å². The lowest BCUT2D eigenvalue weighted by Gasteiger charge is -2.24. The third kappa shape index (κ3) is 2.63. The van der Waals surface area contributed by atoms with Crippen molar-refractivity contribution < 1.29 is 14.7 Å². The number of carboxylic acids is 1. The van der Waals surface area contributed by atoms with Crippen LogP contribution in [0, 0.1) is 18.3 Å². The van der Waals surface area contributed by atoms with Crippen molar-refractivity contribution >= 4 is 11.9 Å². The van der Waals surface area contributed by atoms with Crippen molar-refractivity contribution in [1.29, 1.82) is 0 Å². The molecule has 0 saturated carbocycles. The maximum absolute atomic E-state index is 12.5. The number of aromatic nitrogens is 2. The topological polar surface area (TPSA) is 95.7 Å². The summed E-state index contributed by atoms with van der Waals surface area (Å²) in [6.07, 6.45) is 0. The molecule has 3 heterocycles. The van der Waals surface area contributed by atoms with E-state index in [1.807, 2.05) is 11.9 Å². The molecule has 1 amide bonds. The van der Waals surface area contributed by atoms with E-state index in [2.05, 4.69) is 5.10 Å². The normalized spacial score (nSPS) is 27.2. The van der Waals surface area contributed by atoms with Crippen molar-refractivity contribution in [3.05, 3.63) is 28.2 Å². The fourth-order valence-corrected chi connectivity index (χ4v) is 3.70. The number of nitrogens with zero attached hydrogens (tertiary/aromatic N) is 4. The van der Waals surface area contributed by atoms with Crippen LogP contribution in [-0.2, 0) is 16.1 Å². The van der Waals surface area contributed by atoms with Crippen LogP contribution in [0.15, 0.2) is 16.9 Å². The van der Waals surface area contributed by atoms with Gasteiger partial charge in [0.25, 0.3) is 5.56 Å². The van der Waals surface area contributed by atoms with Crippen molar-refractivity contribution in [3.63, 3.8) is 0 Å². The highest BCUT2D eigenvalue weighted by Gasteiger charge is 2.57. The van der Waals surface area contributed by atoms with Crippen LogP contribution in [0.2, 0.25) is 0 Å². The van der Waals surface area contributed by atoms with E-state index < -0.39 is 11.4 Å². The van der Waals surface area contributed by atoms with Crippen LogP contribution >= 0.6 is 0 Å². The van der Waals surface area contributed by atoms with E-state index in [1.54, 1.807) is 17.9 Å². The van der Waals surface area contributed by atoms with Crippen molar-refractivity contribution in [3.8, 4) is 0 Å². The molecule has 2 fully saturated rings. The lowest BCUT2D eigenvalue weighted by molar-refractivity contribution is -0.149. The third-order valence-electron chi connectivity index (χ3n) is 4.84. The lowest BCUT2D eigenvalue weighted by atomic mass is 9.81. The molecule has 3 rings (SSSR count). The Bertz CT molecular complexity index is 716. The Labute approximate surface area is 133 Å². The molecule has 2 aliphatic rings. The van der Waals surface area contributed by atoms with Gasteiger partial charge in [-0.1, -0.05) is 0 Å². The number of hydrogen-bond acceptors (Lipinski definition) is 5. The number of aryl methyl sites for hydroxylation is 1. The number of carboxylic acid groups (broad SMARTS) is 1. The zero-order chi connectivity index (χ0) is 16.8. The van der Waals surface area contributed by atoms with Crippen LogP contribution < -0.4 is 5.56 Å². The van der Waals surface area contributed by atoms with Gasteiger partial charge in [-0.25, -0.2) is 4.68 Å². The first-order valence-corrected chi connectivity index (χ1v) is 7.56. The summed E-state index contributed by atoms with van der Waals surface area (Å²) in [6, 6.07) is 2.97. The van der Waals surface area contributed by atoms with Crippen LogP contribution in [0.5, 0.6) is 0 Å². The first kappa shape index (κ1) is 15.7. The average molecular weight is 320 g/mol. The number of aliphatic carboxylic acids is 1. The van der Waals surface area contributed by atoms with E-state index in [0.717, 1.165) is 4.68 Å². The highest BCUT2D eigenvalue weighted by atomic mass is 16.4. The predicted molar refractivity (Wildman–Crippen MR) is 80.9 cm³/mol. The maximum Gasteiger partial charge on any atom is 0.313 e. The van der Waals surface area contributed by atoms with Crippen LogP contribution in [0.3, 0.4) is 0 Å². The minimum atomic E-state index is -0.893. The summed E-state index contributed by atoms with van der Waals surface area (Å²) in [7, 11) is 1.89. The van der Waals surface area contributed by atoms with Gasteiger partial charge in [0.15, 0.2) is 0 Å². The molecule has 0 radical (unpaired) electrons. The third-order valence-corrected chi connectivity index (χ3v) is 4.84. The Balaban J connectivity index is 1.77. The first-order chi connectivity index (χ1) is 10.8. The van der Waals surface area contributed by atoms with Gasteiger partial charge < -0.3 is 14.9 Å². The van der Waals surface area contributed by atoms with E-state index >= 15 is 0 Å². The summed E-state index contributed by atoms with van der Waals surface area (Å²) in [5.74, 6) is -1.19. The molecule has 2 saturated heterocycles. The predicted octanol–water partition coefficient (Wildman–Crippen LogP) is -0.973. The summed E-state index contributed by atoms with van der Waals surface area (Å²) in [4.78, 5) is 39.5. The number of carbonyl (C=O) groups is 2. The van der Waals surface area contributed by atoms with Gasteiger partial charge in [-0.15, -0.1) is 0 Å². The molecule has 124 valence electrons. The largest absolute Gasteiger partial charge is 0.481 e. The van der Waals surface area contributed by atoms with Crippen LogP contribution in [0.1, 0.15) is 5.69 Å². The number of likely N-dealkylation sites (tertiary alicyclic amines) is 2. The SMILES string of the molecule is Cc1ccc(=O)n(CC(=O)N2C[C@H]3CN(C)C[C@@]3(C(=O)O)C2)n1. The van der Waals surface area contributed by atoms with Gasteiger partial charge in [0.1, 0.15) is 12.0 Å². The molecular formula is C15H20N4O4. The monoisotopic (exact) mass is 320 g/mol. The molecule has 0 unspecified atom stereocenters. The molecule has 0 spiro atoms. The molecule has 1 aromatic rings. The van der Waals surface area contributed by atoms with E-state index in [-0.39, 0.29) is 30.5 Å². The van der Waals surface area contributed by atoms with Gasteiger partial charge >= 0.3 is 5.97 Å². The fourth-order valence-electron chi connectivity index (χ4n) is 3.70. The summed E-state index contributed by atoms with van der Waals surface area (Å²) in [6.45, 7) is 3.31. The van der Waals surface area contributed by atoms with Gasteiger partial charge in [0.05, 0.1) is 5.69 Å². The Hall–Kier alpha value is -2.22. The second-order valence-electron chi connectivity index (χ2n) is 6.60. The zero-order valence-corrected chi connectivity index (χ0v) is 13.2. The molecule has 0 aliphatic carbocycles. The molecule has 8 nitrogen and oxygen atoms in total. The number of carbonyl (C=O) groups excluding carboxylic acids is 1. The molecular weight excluding hydrogens is 300 g/mol. The minimum absolute atomic E-state index is 0.0730. The highest BCUT2D eigenvalue weighted by Crippen LogP contribution is 2.42. The lowest BCUT2D eigenvalue weighted by Crippen LogP contribution is -2.42. The standard InChI is InChI=1S/C15H20N4O4/c1-10-3-4-12(20)19(16-10)7-13(21)18-6-11-5-17(2)8-15(11,9-18)14(22)23/h3-4,11H,5-9H2,1-2H3,(H,22,23)/t11-,15-/m1/s1. The van der Waals surface area contributed by atoms with Gasteiger partial charge in [-0.05, 0) is 20.0 Å². The molecule has 1 N–H and O–H groups in total. The maximum atomic E-state index is 12.5. The van der Waals surface area contributed by atoms with Crippen LogP contribution in [-0.4, -0.2) is 69.8 Å². The quantitative estimate of drug-likeness (QED) is 0.769. The molecule has 1 aromatic heterocycles. The van der Waals surface area contributed by atoms with E-state index in [9.17, 15) is 19.5 Å². The van der Waals surface area contributed by atoms with E-state index in [0.29, 0.717) is 25.3 Å². The smallest absolute Gasteiger partial charge is 0.313 e. The van der Waals surface area contributed by atoms with E-state index in [4.69, 9.17) is 0 Å². The van der Waals surface area contributed by atoms with Gasteiger partial charge in [0.2, 0.25) is 5.91 Å². The minimum Gasteiger partial charge on any atom is -0.481 e. The number of hydrogen-bond donors (Lipinski definition) is 1. The second-order valence-corrected chi connectivity index (χ2v) is 6.60. The zero-order valence-electron chi connectivity index (χ0n) is 13.2.